The highest BCUT2D eigenvalue weighted by Crippen LogP contribution is 2.29. The first-order chi connectivity index (χ1) is 11.2. The third kappa shape index (κ3) is 3.42. The fraction of sp³-hybridized carbons (Fsp3) is 0.471. The van der Waals surface area contributed by atoms with Crippen molar-refractivity contribution >= 4 is 5.91 Å². The smallest absolute Gasteiger partial charge is 0.270 e. The van der Waals surface area contributed by atoms with Crippen molar-refractivity contribution in [1.29, 1.82) is 0 Å². The minimum absolute atomic E-state index is 0.132. The van der Waals surface area contributed by atoms with E-state index in [2.05, 4.69) is 15.3 Å². The van der Waals surface area contributed by atoms with Crippen molar-refractivity contribution in [3.8, 4) is 0 Å². The number of hydrogen-bond acceptors (Lipinski definition) is 4. The number of carbonyl (C=O) groups is 1. The Morgan fingerprint density at radius 3 is 2.78 bits per heavy atom. The Hall–Kier alpha value is -2.21. The van der Waals surface area contributed by atoms with Crippen LogP contribution >= 0.6 is 0 Å². The summed E-state index contributed by atoms with van der Waals surface area (Å²) >= 11 is 0. The summed E-state index contributed by atoms with van der Waals surface area (Å²) < 4.78 is 7.42. The summed E-state index contributed by atoms with van der Waals surface area (Å²) in [7, 11) is 1.95. The number of aryl methyl sites for hydroxylation is 2. The molecule has 3 rings (SSSR count). The normalized spacial score (nSPS) is 17.0. The van der Waals surface area contributed by atoms with Gasteiger partial charge in [0.2, 0.25) is 0 Å². The van der Waals surface area contributed by atoms with Crippen LogP contribution in [0.25, 0.3) is 0 Å². The second kappa shape index (κ2) is 6.91. The zero-order valence-electron chi connectivity index (χ0n) is 13.5. The van der Waals surface area contributed by atoms with Gasteiger partial charge in [0.25, 0.3) is 5.91 Å². The van der Waals surface area contributed by atoms with Gasteiger partial charge in [0, 0.05) is 38.9 Å². The number of aromatic nitrogens is 3. The van der Waals surface area contributed by atoms with Gasteiger partial charge in [-0.05, 0) is 37.3 Å². The lowest BCUT2D eigenvalue weighted by atomic mass is 9.91. The summed E-state index contributed by atoms with van der Waals surface area (Å²) in [6.45, 7) is 3.35. The van der Waals surface area contributed by atoms with E-state index in [-0.39, 0.29) is 11.9 Å². The van der Waals surface area contributed by atoms with Crippen LogP contribution in [0.5, 0.6) is 0 Å². The second-order valence-electron chi connectivity index (χ2n) is 5.97. The van der Waals surface area contributed by atoms with Crippen LogP contribution in [0.3, 0.4) is 0 Å². The molecule has 2 aromatic rings. The molecule has 1 fully saturated rings. The Labute approximate surface area is 135 Å². The number of carbonyl (C=O) groups excluding carboxylic acids is 1. The molecule has 1 saturated heterocycles. The highest BCUT2D eigenvalue weighted by molar-refractivity contribution is 5.93. The van der Waals surface area contributed by atoms with E-state index in [0.29, 0.717) is 11.6 Å². The van der Waals surface area contributed by atoms with Gasteiger partial charge in [-0.25, -0.2) is 4.98 Å². The third-order valence-electron chi connectivity index (χ3n) is 4.39. The van der Waals surface area contributed by atoms with E-state index < -0.39 is 0 Å². The molecule has 6 nitrogen and oxygen atoms in total. The predicted molar refractivity (Wildman–Crippen MR) is 85.9 cm³/mol. The van der Waals surface area contributed by atoms with E-state index in [0.717, 1.165) is 37.4 Å². The molecule has 0 aliphatic carbocycles. The number of nitrogens with one attached hydrogen (secondary N) is 1. The topological polar surface area (TPSA) is 69.0 Å². The molecule has 1 N–H and O–H groups in total. The molecule has 0 aromatic carbocycles. The molecule has 2 aromatic heterocycles. The molecule has 3 heterocycles. The van der Waals surface area contributed by atoms with Gasteiger partial charge in [0.05, 0.1) is 6.04 Å². The summed E-state index contributed by atoms with van der Waals surface area (Å²) in [5, 5.41) is 3.15. The van der Waals surface area contributed by atoms with Crippen LogP contribution in [-0.2, 0) is 11.8 Å². The van der Waals surface area contributed by atoms with Crippen molar-refractivity contribution in [1.82, 2.24) is 19.9 Å². The summed E-state index contributed by atoms with van der Waals surface area (Å²) in [6.07, 6.45) is 7.14. The maximum atomic E-state index is 12.7. The SMILES string of the molecule is Cc1cccnc1C(=O)N[C@@H](c1nccn1C)C1CCOCC1. The zero-order chi connectivity index (χ0) is 16.2. The number of amides is 1. The number of imidazole rings is 1. The maximum absolute atomic E-state index is 12.7. The molecule has 1 atom stereocenters. The highest BCUT2D eigenvalue weighted by Gasteiger charge is 2.30. The average Bonchev–Trinajstić information content (AvgIpc) is 2.99. The van der Waals surface area contributed by atoms with Crippen LogP contribution in [0.2, 0.25) is 0 Å². The third-order valence-corrected chi connectivity index (χ3v) is 4.39. The van der Waals surface area contributed by atoms with E-state index in [1.165, 1.54) is 0 Å². The van der Waals surface area contributed by atoms with Crippen LogP contribution in [0.15, 0.2) is 30.7 Å². The second-order valence-corrected chi connectivity index (χ2v) is 5.97. The molecule has 0 spiro atoms. The summed E-state index contributed by atoms with van der Waals surface area (Å²) in [5.41, 5.74) is 1.34. The summed E-state index contributed by atoms with van der Waals surface area (Å²) in [4.78, 5) is 21.3. The number of hydrogen-bond donors (Lipinski definition) is 1. The lowest BCUT2D eigenvalue weighted by Crippen LogP contribution is -2.38. The number of pyridine rings is 1. The molecule has 0 unspecified atom stereocenters. The van der Waals surface area contributed by atoms with Crippen LogP contribution in [0.1, 0.15) is 40.8 Å². The van der Waals surface area contributed by atoms with Gasteiger partial charge in [0.15, 0.2) is 0 Å². The molecule has 6 heteroatoms. The monoisotopic (exact) mass is 314 g/mol. The summed E-state index contributed by atoms with van der Waals surface area (Å²) in [5.74, 6) is 1.04. The molecular formula is C17H22N4O2. The van der Waals surface area contributed by atoms with E-state index in [9.17, 15) is 4.79 Å². The van der Waals surface area contributed by atoms with Crippen LogP contribution < -0.4 is 5.32 Å². The van der Waals surface area contributed by atoms with Gasteiger partial charge in [0.1, 0.15) is 11.5 Å². The number of ether oxygens (including phenoxy) is 1. The first kappa shape index (κ1) is 15.7. The van der Waals surface area contributed by atoms with E-state index in [1.807, 2.05) is 36.9 Å². The Bertz CT molecular complexity index is 677. The molecule has 0 radical (unpaired) electrons. The highest BCUT2D eigenvalue weighted by atomic mass is 16.5. The molecule has 0 saturated carbocycles. The van der Waals surface area contributed by atoms with E-state index in [1.54, 1.807) is 12.4 Å². The van der Waals surface area contributed by atoms with E-state index in [4.69, 9.17) is 4.74 Å². The van der Waals surface area contributed by atoms with Gasteiger partial charge in [-0.2, -0.15) is 0 Å². The lowest BCUT2D eigenvalue weighted by molar-refractivity contribution is 0.0498. The molecule has 1 amide bonds. The molecule has 1 aliphatic rings. The van der Waals surface area contributed by atoms with Crippen LogP contribution in [0, 0.1) is 12.8 Å². The molecule has 1 aliphatic heterocycles. The Kier molecular flexibility index (Phi) is 4.71. The Morgan fingerprint density at radius 2 is 2.13 bits per heavy atom. The fourth-order valence-corrected chi connectivity index (χ4v) is 3.05. The minimum Gasteiger partial charge on any atom is -0.381 e. The number of nitrogens with zero attached hydrogens (tertiary/aromatic N) is 3. The van der Waals surface area contributed by atoms with Crippen LogP contribution in [0.4, 0.5) is 0 Å². The Balaban J connectivity index is 1.85. The van der Waals surface area contributed by atoms with Gasteiger partial charge < -0.3 is 14.6 Å². The molecule has 122 valence electrons. The minimum atomic E-state index is -0.150. The first-order valence-electron chi connectivity index (χ1n) is 7.94. The zero-order valence-corrected chi connectivity index (χ0v) is 13.5. The standard InChI is InChI=1S/C17H22N4O2/c1-12-4-3-7-18-14(12)17(22)20-15(13-5-10-23-11-6-13)16-19-8-9-21(16)2/h3-4,7-9,13,15H,5-6,10-11H2,1-2H3,(H,20,22)/t15-/m1/s1. The fourth-order valence-electron chi connectivity index (χ4n) is 3.05. The van der Waals surface area contributed by atoms with E-state index >= 15 is 0 Å². The van der Waals surface area contributed by atoms with Crippen molar-refractivity contribution < 1.29 is 9.53 Å². The molecule has 0 bridgehead atoms. The lowest BCUT2D eigenvalue weighted by Gasteiger charge is -2.30. The largest absolute Gasteiger partial charge is 0.381 e. The van der Waals surface area contributed by atoms with Gasteiger partial charge in [-0.3, -0.25) is 9.78 Å². The predicted octanol–water partition coefficient (Wildman–Crippen LogP) is 2.02. The quantitative estimate of drug-likeness (QED) is 0.937. The molecule has 23 heavy (non-hydrogen) atoms. The van der Waals surface area contributed by atoms with Gasteiger partial charge in [-0.15, -0.1) is 0 Å². The van der Waals surface area contributed by atoms with Crippen molar-refractivity contribution in [2.75, 3.05) is 13.2 Å². The average molecular weight is 314 g/mol. The summed E-state index contributed by atoms with van der Waals surface area (Å²) in [6, 6.07) is 3.60. The number of rotatable bonds is 4. The van der Waals surface area contributed by atoms with Crippen molar-refractivity contribution in [2.24, 2.45) is 13.0 Å². The van der Waals surface area contributed by atoms with Crippen molar-refractivity contribution in [3.05, 3.63) is 47.8 Å². The van der Waals surface area contributed by atoms with Crippen molar-refractivity contribution in [2.45, 2.75) is 25.8 Å². The van der Waals surface area contributed by atoms with Gasteiger partial charge >= 0.3 is 0 Å². The van der Waals surface area contributed by atoms with Crippen molar-refractivity contribution in [3.63, 3.8) is 0 Å². The maximum Gasteiger partial charge on any atom is 0.270 e. The van der Waals surface area contributed by atoms with Crippen LogP contribution in [-0.4, -0.2) is 33.7 Å². The Morgan fingerprint density at radius 1 is 1.35 bits per heavy atom. The first-order valence-corrected chi connectivity index (χ1v) is 7.94. The molecular weight excluding hydrogens is 292 g/mol. The van der Waals surface area contributed by atoms with Gasteiger partial charge in [-0.1, -0.05) is 6.07 Å².